The molecule has 10 aromatic rings. The van der Waals surface area contributed by atoms with Crippen molar-refractivity contribution in [2.45, 2.75) is 6.92 Å². The van der Waals surface area contributed by atoms with Crippen molar-refractivity contribution in [1.29, 1.82) is 0 Å². The zero-order valence-corrected chi connectivity index (χ0v) is 29.4. The molecule has 0 spiro atoms. The lowest BCUT2D eigenvalue weighted by molar-refractivity contribution is 0.418. The fourth-order valence-corrected chi connectivity index (χ4v) is 8.03. The minimum absolute atomic E-state index is 0.874. The molecule has 4 heterocycles. The minimum atomic E-state index is 0.874. The van der Waals surface area contributed by atoms with Crippen LogP contribution in [0.5, 0.6) is 5.75 Å². The van der Waals surface area contributed by atoms with Crippen LogP contribution in [0.1, 0.15) is 5.56 Å². The topological polar surface area (TPSA) is 44.9 Å². The van der Waals surface area contributed by atoms with E-state index in [1.807, 2.05) is 30.6 Å². The average Bonchev–Trinajstić information content (AvgIpc) is 3.74. The van der Waals surface area contributed by atoms with Crippen LogP contribution in [0.25, 0.3) is 88.6 Å². The van der Waals surface area contributed by atoms with Crippen LogP contribution >= 0.6 is 0 Å². The van der Waals surface area contributed by atoms with Crippen LogP contribution in [0.4, 0.5) is 0 Å². The summed E-state index contributed by atoms with van der Waals surface area (Å²) in [7, 11) is 1.76. The quantitative estimate of drug-likeness (QED) is 0.175. The second kappa shape index (κ2) is 12.4. The molecule has 0 aliphatic carbocycles. The molecule has 252 valence electrons. The minimum Gasteiger partial charge on any atom is -0.495 e. The Hall–Kier alpha value is -6.98. The van der Waals surface area contributed by atoms with Crippen molar-refractivity contribution >= 4 is 43.9 Å². The van der Waals surface area contributed by atoms with Crippen molar-refractivity contribution in [3.05, 3.63) is 176 Å². The van der Waals surface area contributed by atoms with E-state index in [0.29, 0.717) is 0 Å². The summed E-state index contributed by atoms with van der Waals surface area (Å²) in [5, 5.41) is 2.25. The third kappa shape index (κ3) is 5.01. The number of pyridine rings is 2. The molecule has 10 rings (SSSR count). The molecular formula is C48H34N4O. The molecule has 0 saturated carbocycles. The van der Waals surface area contributed by atoms with Gasteiger partial charge >= 0.3 is 0 Å². The Labute approximate surface area is 307 Å². The number of rotatable bonds is 6. The normalized spacial score (nSPS) is 11.6. The van der Waals surface area contributed by atoms with Crippen LogP contribution in [0.3, 0.4) is 0 Å². The summed E-state index contributed by atoms with van der Waals surface area (Å²) in [4.78, 5) is 9.66. The van der Waals surface area contributed by atoms with Crippen LogP contribution in [-0.2, 0) is 0 Å². The van der Waals surface area contributed by atoms with E-state index in [-0.39, 0.29) is 0 Å². The molecule has 0 N–H and O–H groups in total. The van der Waals surface area contributed by atoms with E-state index >= 15 is 0 Å². The number of fused-ring (bicyclic) bond motifs is 6. The lowest BCUT2D eigenvalue weighted by Crippen LogP contribution is -2.00. The Bertz CT molecular complexity index is 2750. The summed E-state index contributed by atoms with van der Waals surface area (Å²) in [5.41, 5.74) is 16.3. The molecule has 4 aromatic heterocycles. The summed E-state index contributed by atoms with van der Waals surface area (Å²) in [5.74, 6) is 0.874. The van der Waals surface area contributed by atoms with Gasteiger partial charge in [0.1, 0.15) is 5.75 Å². The Balaban J connectivity index is 1.20. The number of hydrogen-bond donors (Lipinski definition) is 0. The summed E-state index contributed by atoms with van der Waals surface area (Å²) >= 11 is 0. The van der Waals surface area contributed by atoms with E-state index in [1.165, 1.54) is 5.56 Å². The molecule has 5 heteroatoms. The predicted octanol–water partition coefficient (Wildman–Crippen LogP) is 12.0. The van der Waals surface area contributed by atoms with Crippen molar-refractivity contribution in [2.24, 2.45) is 0 Å². The van der Waals surface area contributed by atoms with Gasteiger partial charge in [-0.2, -0.15) is 0 Å². The van der Waals surface area contributed by atoms with Gasteiger partial charge in [0.2, 0.25) is 0 Å². The molecule has 0 aliphatic rings. The molecule has 0 saturated heterocycles. The Kier molecular flexibility index (Phi) is 7.18. The van der Waals surface area contributed by atoms with Gasteiger partial charge in [-0.05, 0) is 101 Å². The summed E-state index contributed by atoms with van der Waals surface area (Å²) < 4.78 is 10.8. The SMILES string of the molecule is COc1c(-c2ccccc2)cc(C)cc1-c1ccc(-c2cc(-n3c4ccccc4c4ncccc43)cc(-n3c4ccccc4c4ncccc43)c2)cc1. The molecule has 53 heavy (non-hydrogen) atoms. The average molecular weight is 683 g/mol. The molecule has 0 atom stereocenters. The standard InChI is InChI=1S/C48H34N4O/c1-31-26-40(33-12-4-3-5-13-33)48(53-2)41(27-31)34-22-20-32(21-23-34)35-28-36(51-42-16-8-6-14-38(42)46-44(51)18-10-24-49-46)30-37(29-35)52-43-17-9-7-15-39(43)47-45(52)19-11-25-50-47/h3-30H,1-2H3. The maximum absolute atomic E-state index is 6.09. The van der Waals surface area contributed by atoms with Crippen molar-refractivity contribution < 1.29 is 4.74 Å². The Morgan fingerprint density at radius 1 is 0.434 bits per heavy atom. The third-order valence-electron chi connectivity index (χ3n) is 10.3. The van der Waals surface area contributed by atoms with Gasteiger partial charge in [-0.15, -0.1) is 0 Å². The second-order valence-corrected chi connectivity index (χ2v) is 13.5. The van der Waals surface area contributed by atoms with Gasteiger partial charge in [-0.25, -0.2) is 0 Å². The number of benzene rings is 6. The fourth-order valence-electron chi connectivity index (χ4n) is 8.03. The molecule has 0 aliphatic heterocycles. The smallest absolute Gasteiger partial charge is 0.134 e. The number of hydrogen-bond acceptors (Lipinski definition) is 3. The summed E-state index contributed by atoms with van der Waals surface area (Å²) in [6, 6.07) is 56.0. The van der Waals surface area contributed by atoms with E-state index in [1.54, 1.807) is 7.11 Å². The third-order valence-corrected chi connectivity index (χ3v) is 10.3. The monoisotopic (exact) mass is 682 g/mol. The van der Waals surface area contributed by atoms with Gasteiger partial charge in [-0.1, -0.05) is 91.0 Å². The molecule has 0 unspecified atom stereocenters. The maximum Gasteiger partial charge on any atom is 0.134 e. The number of nitrogens with zero attached hydrogens (tertiary/aromatic N) is 4. The van der Waals surface area contributed by atoms with Gasteiger partial charge in [-0.3, -0.25) is 9.97 Å². The van der Waals surface area contributed by atoms with Crippen molar-refractivity contribution in [1.82, 2.24) is 19.1 Å². The predicted molar refractivity (Wildman–Crippen MR) is 218 cm³/mol. The Morgan fingerprint density at radius 3 is 1.45 bits per heavy atom. The number of ether oxygens (including phenoxy) is 1. The van der Waals surface area contributed by atoms with Gasteiger partial charge in [0, 0.05) is 45.7 Å². The van der Waals surface area contributed by atoms with Crippen LogP contribution < -0.4 is 4.74 Å². The van der Waals surface area contributed by atoms with E-state index in [2.05, 4.69) is 156 Å². The fraction of sp³-hybridized carbons (Fsp3) is 0.0417. The van der Waals surface area contributed by atoms with Crippen LogP contribution in [0.2, 0.25) is 0 Å². The molecule has 0 bridgehead atoms. The highest BCUT2D eigenvalue weighted by Crippen LogP contribution is 2.42. The van der Waals surface area contributed by atoms with Gasteiger partial charge in [0.25, 0.3) is 0 Å². The molecule has 5 nitrogen and oxygen atoms in total. The summed E-state index contributed by atoms with van der Waals surface area (Å²) in [6.45, 7) is 2.14. The maximum atomic E-state index is 6.09. The van der Waals surface area contributed by atoms with Crippen molar-refractivity contribution in [3.63, 3.8) is 0 Å². The lowest BCUT2D eigenvalue weighted by Gasteiger charge is -2.17. The van der Waals surface area contributed by atoms with Crippen molar-refractivity contribution in [3.8, 4) is 50.5 Å². The van der Waals surface area contributed by atoms with Crippen LogP contribution in [-0.4, -0.2) is 26.2 Å². The molecule has 6 aromatic carbocycles. The Morgan fingerprint density at radius 2 is 0.906 bits per heavy atom. The summed E-state index contributed by atoms with van der Waals surface area (Å²) in [6.07, 6.45) is 3.75. The first-order chi connectivity index (χ1) is 26.2. The molecular weight excluding hydrogens is 649 g/mol. The van der Waals surface area contributed by atoms with E-state index < -0.39 is 0 Å². The van der Waals surface area contributed by atoms with E-state index in [4.69, 9.17) is 14.7 Å². The van der Waals surface area contributed by atoms with E-state index in [0.717, 1.165) is 94.4 Å². The zero-order chi connectivity index (χ0) is 35.5. The first kappa shape index (κ1) is 30.8. The van der Waals surface area contributed by atoms with Crippen LogP contribution in [0, 0.1) is 6.92 Å². The van der Waals surface area contributed by atoms with Crippen molar-refractivity contribution in [2.75, 3.05) is 7.11 Å². The van der Waals surface area contributed by atoms with Crippen LogP contribution in [0.15, 0.2) is 170 Å². The number of para-hydroxylation sites is 2. The number of aryl methyl sites for hydroxylation is 1. The number of methoxy groups -OCH3 is 1. The largest absolute Gasteiger partial charge is 0.495 e. The highest BCUT2D eigenvalue weighted by atomic mass is 16.5. The molecule has 0 radical (unpaired) electrons. The highest BCUT2D eigenvalue weighted by molar-refractivity contribution is 6.08. The van der Waals surface area contributed by atoms with Gasteiger partial charge < -0.3 is 13.9 Å². The molecule has 0 fully saturated rings. The van der Waals surface area contributed by atoms with E-state index in [9.17, 15) is 0 Å². The highest BCUT2D eigenvalue weighted by Gasteiger charge is 2.19. The molecule has 0 amide bonds. The lowest BCUT2D eigenvalue weighted by atomic mass is 9.93. The number of aromatic nitrogens is 4. The second-order valence-electron chi connectivity index (χ2n) is 13.5. The van der Waals surface area contributed by atoms with Gasteiger partial charge in [0.05, 0.1) is 40.2 Å². The first-order valence-electron chi connectivity index (χ1n) is 17.9. The zero-order valence-electron chi connectivity index (χ0n) is 29.4. The van der Waals surface area contributed by atoms with Gasteiger partial charge in [0.15, 0.2) is 0 Å². The first-order valence-corrected chi connectivity index (χ1v) is 17.9.